The Kier molecular flexibility index (Phi) is 4.63. The fourth-order valence-corrected chi connectivity index (χ4v) is 5.05. The Morgan fingerprint density at radius 1 is 1.17 bits per heavy atom. The summed E-state index contributed by atoms with van der Waals surface area (Å²) in [5.74, 6) is 0.132. The lowest BCUT2D eigenvalue weighted by molar-refractivity contribution is -0.129. The van der Waals surface area contributed by atoms with Crippen molar-refractivity contribution in [2.24, 2.45) is 0 Å². The second-order valence-corrected chi connectivity index (χ2v) is 8.68. The molecule has 24 heavy (non-hydrogen) atoms. The van der Waals surface area contributed by atoms with Crippen LogP contribution in [0.15, 0.2) is 29.4 Å². The maximum atomic E-state index is 12.9. The Morgan fingerprint density at radius 3 is 2.67 bits per heavy atom. The van der Waals surface area contributed by atoms with Gasteiger partial charge < -0.3 is 4.90 Å². The van der Waals surface area contributed by atoms with Crippen LogP contribution in [0.3, 0.4) is 0 Å². The number of nitrogens with zero attached hydrogens (tertiary/aromatic N) is 4. The second-order valence-electron chi connectivity index (χ2n) is 6.74. The van der Waals surface area contributed by atoms with Gasteiger partial charge in [0.25, 0.3) is 0 Å². The third-order valence-corrected chi connectivity index (χ3v) is 7.21. The van der Waals surface area contributed by atoms with Crippen LogP contribution in [0.25, 0.3) is 0 Å². The Hall–Kier alpha value is -1.51. The highest BCUT2D eigenvalue weighted by Gasteiger charge is 2.44. The fourth-order valence-electron chi connectivity index (χ4n) is 3.58. The van der Waals surface area contributed by atoms with Crippen molar-refractivity contribution in [2.45, 2.75) is 29.7 Å². The van der Waals surface area contributed by atoms with E-state index >= 15 is 0 Å². The van der Waals surface area contributed by atoms with E-state index in [1.54, 1.807) is 27.5 Å². The van der Waals surface area contributed by atoms with E-state index in [-0.39, 0.29) is 16.3 Å². The number of rotatable bonds is 2. The molecule has 0 aromatic carbocycles. The Bertz CT molecular complexity index is 709. The molecule has 8 heteroatoms. The van der Waals surface area contributed by atoms with Crippen LogP contribution in [0, 0.1) is 0 Å². The molecule has 1 unspecified atom stereocenters. The molecule has 0 aliphatic carbocycles. The molecule has 132 valence electrons. The van der Waals surface area contributed by atoms with E-state index in [0.717, 1.165) is 6.42 Å². The van der Waals surface area contributed by atoms with Gasteiger partial charge in [0.15, 0.2) is 0 Å². The molecule has 1 amide bonds. The molecule has 1 atom stereocenters. The second kappa shape index (κ2) is 6.42. The molecule has 2 aliphatic rings. The van der Waals surface area contributed by atoms with Crippen LogP contribution in [0.4, 0.5) is 0 Å². The Morgan fingerprint density at radius 2 is 1.96 bits per heavy atom. The van der Waals surface area contributed by atoms with Gasteiger partial charge in [-0.15, -0.1) is 0 Å². The van der Waals surface area contributed by atoms with Crippen molar-refractivity contribution in [3.05, 3.63) is 24.5 Å². The highest BCUT2D eigenvalue weighted by atomic mass is 32.2. The SMILES string of the molecule is CN1CCC2(CCC1=O)CN(S(=O)(=O)c1cccnc1)CCN2C. The predicted octanol–water partition coefficient (Wildman–Crippen LogP) is 0.399. The van der Waals surface area contributed by atoms with E-state index in [1.807, 2.05) is 14.1 Å². The first-order valence-corrected chi connectivity index (χ1v) is 9.65. The number of aromatic nitrogens is 1. The van der Waals surface area contributed by atoms with E-state index in [0.29, 0.717) is 39.0 Å². The number of likely N-dealkylation sites (N-methyl/N-ethyl adjacent to an activating group) is 1. The molecular weight excluding hydrogens is 328 g/mol. The third-order valence-electron chi connectivity index (χ3n) is 5.38. The van der Waals surface area contributed by atoms with Gasteiger partial charge in [-0.05, 0) is 32.0 Å². The van der Waals surface area contributed by atoms with Gasteiger partial charge in [-0.2, -0.15) is 4.31 Å². The summed E-state index contributed by atoms with van der Waals surface area (Å²) < 4.78 is 27.4. The smallest absolute Gasteiger partial charge is 0.244 e. The average Bonchev–Trinajstić information content (AvgIpc) is 2.73. The summed E-state index contributed by atoms with van der Waals surface area (Å²) in [4.78, 5) is 20.2. The molecule has 1 spiro atoms. The Labute approximate surface area is 143 Å². The van der Waals surface area contributed by atoms with Crippen LogP contribution in [-0.2, 0) is 14.8 Å². The summed E-state index contributed by atoms with van der Waals surface area (Å²) in [7, 11) is 0.291. The van der Waals surface area contributed by atoms with E-state index in [1.165, 1.54) is 6.20 Å². The first-order chi connectivity index (χ1) is 11.3. The lowest BCUT2D eigenvalue weighted by Crippen LogP contribution is -2.62. The number of carbonyl (C=O) groups excluding carboxylic acids is 1. The molecule has 0 N–H and O–H groups in total. The van der Waals surface area contributed by atoms with Gasteiger partial charge in [0, 0.05) is 57.6 Å². The number of likely N-dealkylation sites (tertiary alicyclic amines) is 1. The zero-order valence-corrected chi connectivity index (χ0v) is 15.0. The van der Waals surface area contributed by atoms with Crippen molar-refractivity contribution in [1.29, 1.82) is 0 Å². The summed E-state index contributed by atoms with van der Waals surface area (Å²) in [6, 6.07) is 3.22. The van der Waals surface area contributed by atoms with E-state index < -0.39 is 10.0 Å². The van der Waals surface area contributed by atoms with Crippen molar-refractivity contribution in [1.82, 2.24) is 19.1 Å². The molecule has 2 aliphatic heterocycles. The minimum atomic E-state index is -3.55. The summed E-state index contributed by atoms with van der Waals surface area (Å²) >= 11 is 0. The lowest BCUT2D eigenvalue weighted by atomic mass is 9.87. The van der Waals surface area contributed by atoms with Gasteiger partial charge in [-0.1, -0.05) is 0 Å². The third kappa shape index (κ3) is 3.05. The maximum Gasteiger partial charge on any atom is 0.244 e. The van der Waals surface area contributed by atoms with Crippen LogP contribution in [0.2, 0.25) is 0 Å². The van der Waals surface area contributed by atoms with Crippen LogP contribution in [-0.4, -0.2) is 79.2 Å². The number of amides is 1. The lowest BCUT2D eigenvalue weighted by Gasteiger charge is -2.48. The van der Waals surface area contributed by atoms with Gasteiger partial charge >= 0.3 is 0 Å². The van der Waals surface area contributed by atoms with E-state index in [4.69, 9.17) is 0 Å². The summed E-state index contributed by atoms with van der Waals surface area (Å²) in [5.41, 5.74) is -0.284. The maximum absolute atomic E-state index is 12.9. The standard InChI is InChI=1S/C16H24N4O3S/c1-18-9-7-16(6-5-15(18)21)13-20(11-10-19(16)2)24(22,23)14-4-3-8-17-12-14/h3-4,8,12H,5-7,9-11,13H2,1-2H3. The number of sulfonamides is 1. The van der Waals surface area contributed by atoms with Crippen molar-refractivity contribution in [2.75, 3.05) is 40.3 Å². The van der Waals surface area contributed by atoms with Gasteiger partial charge in [-0.25, -0.2) is 8.42 Å². The van der Waals surface area contributed by atoms with Crippen LogP contribution in [0.5, 0.6) is 0 Å². The molecule has 0 radical (unpaired) electrons. The first-order valence-electron chi connectivity index (χ1n) is 8.21. The number of hydrogen-bond acceptors (Lipinski definition) is 5. The van der Waals surface area contributed by atoms with Gasteiger partial charge in [0.1, 0.15) is 4.90 Å². The van der Waals surface area contributed by atoms with Crippen molar-refractivity contribution >= 4 is 15.9 Å². The highest BCUT2D eigenvalue weighted by molar-refractivity contribution is 7.89. The molecule has 3 rings (SSSR count). The molecule has 2 fully saturated rings. The molecule has 0 bridgehead atoms. The Balaban J connectivity index is 1.87. The molecule has 2 saturated heterocycles. The van der Waals surface area contributed by atoms with Crippen molar-refractivity contribution in [3.8, 4) is 0 Å². The van der Waals surface area contributed by atoms with E-state index in [9.17, 15) is 13.2 Å². The topological polar surface area (TPSA) is 73.8 Å². The number of piperazine rings is 1. The molecule has 0 saturated carbocycles. The number of hydrogen-bond donors (Lipinski definition) is 0. The van der Waals surface area contributed by atoms with Crippen LogP contribution in [0.1, 0.15) is 19.3 Å². The predicted molar refractivity (Wildman–Crippen MR) is 89.8 cm³/mol. The summed E-state index contributed by atoms with van der Waals surface area (Å²) in [6.45, 7) is 2.20. The zero-order valence-electron chi connectivity index (χ0n) is 14.2. The highest BCUT2D eigenvalue weighted by Crippen LogP contribution is 2.33. The van der Waals surface area contributed by atoms with Crippen molar-refractivity contribution in [3.63, 3.8) is 0 Å². The zero-order chi connectivity index (χ0) is 17.4. The fraction of sp³-hybridized carbons (Fsp3) is 0.625. The number of carbonyl (C=O) groups is 1. The molecule has 1 aromatic heterocycles. The minimum absolute atomic E-state index is 0.132. The normalized spacial score (nSPS) is 27.4. The number of pyridine rings is 1. The molecule has 7 nitrogen and oxygen atoms in total. The van der Waals surface area contributed by atoms with Gasteiger partial charge in [-0.3, -0.25) is 14.7 Å². The monoisotopic (exact) mass is 352 g/mol. The molecule has 1 aromatic rings. The molecular formula is C16H24N4O3S. The summed E-state index contributed by atoms with van der Waals surface area (Å²) in [5, 5.41) is 0. The average molecular weight is 352 g/mol. The van der Waals surface area contributed by atoms with Gasteiger partial charge in [0.05, 0.1) is 0 Å². The molecule has 3 heterocycles. The van der Waals surface area contributed by atoms with E-state index in [2.05, 4.69) is 9.88 Å². The minimum Gasteiger partial charge on any atom is -0.346 e. The first kappa shape index (κ1) is 17.3. The summed E-state index contributed by atoms with van der Waals surface area (Å²) in [6.07, 6.45) is 4.89. The van der Waals surface area contributed by atoms with Crippen LogP contribution < -0.4 is 0 Å². The van der Waals surface area contributed by atoms with Crippen LogP contribution >= 0.6 is 0 Å². The quantitative estimate of drug-likeness (QED) is 0.770. The van der Waals surface area contributed by atoms with Crippen molar-refractivity contribution < 1.29 is 13.2 Å². The largest absolute Gasteiger partial charge is 0.346 e. The van der Waals surface area contributed by atoms with Gasteiger partial charge in [0.2, 0.25) is 15.9 Å².